The van der Waals surface area contributed by atoms with Crippen LogP contribution < -0.4 is 0 Å². The SMILES string of the molecule is CCN(C)C(=O)N1CCn2c(C#Cc3cccc(C)c3)nnc2C1. The van der Waals surface area contributed by atoms with Crippen molar-refractivity contribution in [3.05, 3.63) is 47.0 Å². The van der Waals surface area contributed by atoms with Gasteiger partial charge >= 0.3 is 6.03 Å². The molecule has 0 bridgehead atoms. The maximum absolute atomic E-state index is 12.3. The molecule has 0 N–H and O–H groups in total. The average molecular weight is 323 g/mol. The molecule has 3 rings (SSSR count). The van der Waals surface area contributed by atoms with Gasteiger partial charge < -0.3 is 14.4 Å². The number of aromatic nitrogens is 3. The summed E-state index contributed by atoms with van der Waals surface area (Å²) >= 11 is 0. The second kappa shape index (κ2) is 6.75. The van der Waals surface area contributed by atoms with Crippen LogP contribution in [0.1, 0.15) is 29.7 Å². The zero-order valence-corrected chi connectivity index (χ0v) is 14.3. The van der Waals surface area contributed by atoms with Gasteiger partial charge in [0.05, 0.1) is 6.54 Å². The molecule has 0 unspecified atom stereocenters. The highest BCUT2D eigenvalue weighted by atomic mass is 16.2. The Bertz CT molecular complexity index is 814. The number of urea groups is 1. The zero-order chi connectivity index (χ0) is 17.1. The monoisotopic (exact) mass is 323 g/mol. The maximum atomic E-state index is 12.3. The molecule has 1 aromatic heterocycles. The number of fused-ring (bicyclic) bond motifs is 1. The Kier molecular flexibility index (Phi) is 4.52. The highest BCUT2D eigenvalue weighted by Crippen LogP contribution is 2.13. The molecule has 6 nitrogen and oxygen atoms in total. The summed E-state index contributed by atoms with van der Waals surface area (Å²) in [5.74, 6) is 7.68. The van der Waals surface area contributed by atoms with Crippen LogP contribution in [0.2, 0.25) is 0 Å². The van der Waals surface area contributed by atoms with Crippen molar-refractivity contribution in [1.82, 2.24) is 24.6 Å². The molecule has 124 valence electrons. The third-order valence-electron chi connectivity index (χ3n) is 4.16. The van der Waals surface area contributed by atoms with Crippen LogP contribution in [-0.2, 0) is 13.1 Å². The number of amides is 2. The van der Waals surface area contributed by atoms with E-state index in [1.807, 2.05) is 42.7 Å². The van der Waals surface area contributed by atoms with Gasteiger partial charge in [0.2, 0.25) is 5.82 Å². The Morgan fingerprint density at radius 3 is 2.88 bits per heavy atom. The Morgan fingerprint density at radius 2 is 2.12 bits per heavy atom. The first-order chi connectivity index (χ1) is 11.6. The molecule has 0 atom stereocenters. The van der Waals surface area contributed by atoms with Gasteiger partial charge in [0.25, 0.3) is 0 Å². The van der Waals surface area contributed by atoms with Crippen LogP contribution in [0.4, 0.5) is 4.79 Å². The average Bonchev–Trinajstić information content (AvgIpc) is 3.01. The summed E-state index contributed by atoms with van der Waals surface area (Å²) in [6.07, 6.45) is 0. The van der Waals surface area contributed by atoms with E-state index in [-0.39, 0.29) is 6.03 Å². The second-order valence-electron chi connectivity index (χ2n) is 5.93. The smallest absolute Gasteiger partial charge is 0.320 e. The summed E-state index contributed by atoms with van der Waals surface area (Å²) in [4.78, 5) is 15.8. The highest BCUT2D eigenvalue weighted by Gasteiger charge is 2.25. The number of hydrogen-bond donors (Lipinski definition) is 0. The predicted octanol–water partition coefficient (Wildman–Crippen LogP) is 1.87. The molecule has 0 radical (unpaired) electrons. The van der Waals surface area contributed by atoms with Gasteiger partial charge in [-0.25, -0.2) is 4.79 Å². The van der Waals surface area contributed by atoms with Crippen molar-refractivity contribution in [2.75, 3.05) is 20.1 Å². The van der Waals surface area contributed by atoms with Gasteiger partial charge in [-0.3, -0.25) is 0 Å². The van der Waals surface area contributed by atoms with Gasteiger partial charge in [0.15, 0.2) is 5.82 Å². The Labute approximate surface area is 142 Å². The molecule has 6 heteroatoms. The normalized spacial score (nSPS) is 13.0. The van der Waals surface area contributed by atoms with Gasteiger partial charge in [-0.15, -0.1) is 10.2 Å². The van der Waals surface area contributed by atoms with Crippen LogP contribution in [-0.4, -0.2) is 50.7 Å². The first-order valence-corrected chi connectivity index (χ1v) is 8.09. The van der Waals surface area contributed by atoms with Crippen LogP contribution in [0.5, 0.6) is 0 Å². The van der Waals surface area contributed by atoms with E-state index in [1.54, 1.807) is 16.8 Å². The van der Waals surface area contributed by atoms with E-state index in [0.29, 0.717) is 32.0 Å². The molecule has 24 heavy (non-hydrogen) atoms. The minimum atomic E-state index is 0.0270. The van der Waals surface area contributed by atoms with E-state index < -0.39 is 0 Å². The van der Waals surface area contributed by atoms with Crippen LogP contribution in [0, 0.1) is 18.8 Å². The molecular weight excluding hydrogens is 302 g/mol. The molecule has 2 heterocycles. The van der Waals surface area contributed by atoms with Gasteiger partial charge in [-0.1, -0.05) is 18.1 Å². The molecule has 0 fully saturated rings. The third-order valence-corrected chi connectivity index (χ3v) is 4.16. The number of nitrogens with zero attached hydrogens (tertiary/aromatic N) is 5. The molecule has 1 aliphatic rings. The largest absolute Gasteiger partial charge is 0.328 e. The standard InChI is InChI=1S/C18H21N5O/c1-4-21(3)18(24)22-10-11-23-16(19-20-17(23)13-22)9-8-15-7-5-6-14(2)12-15/h5-7,12H,4,10-11,13H2,1-3H3. The van der Waals surface area contributed by atoms with Gasteiger partial charge in [-0.05, 0) is 37.5 Å². The van der Waals surface area contributed by atoms with Crippen molar-refractivity contribution < 1.29 is 4.79 Å². The molecule has 2 amide bonds. The summed E-state index contributed by atoms with van der Waals surface area (Å²) in [6.45, 7) is 6.49. The Morgan fingerprint density at radius 1 is 1.29 bits per heavy atom. The maximum Gasteiger partial charge on any atom is 0.320 e. The first kappa shape index (κ1) is 16.1. The highest BCUT2D eigenvalue weighted by molar-refractivity contribution is 5.74. The Balaban J connectivity index is 1.78. The molecule has 0 saturated carbocycles. The lowest BCUT2D eigenvalue weighted by molar-refractivity contribution is 0.150. The topological polar surface area (TPSA) is 54.3 Å². The number of aryl methyl sites for hydroxylation is 1. The van der Waals surface area contributed by atoms with Crippen molar-refractivity contribution in [3.63, 3.8) is 0 Å². The molecular formula is C18H21N5O. The summed E-state index contributed by atoms with van der Waals surface area (Å²) in [5.41, 5.74) is 2.14. The lowest BCUT2D eigenvalue weighted by Gasteiger charge is -2.30. The van der Waals surface area contributed by atoms with E-state index in [0.717, 1.165) is 11.4 Å². The zero-order valence-electron chi connectivity index (χ0n) is 14.3. The van der Waals surface area contributed by atoms with Crippen molar-refractivity contribution in [3.8, 4) is 11.8 Å². The van der Waals surface area contributed by atoms with Crippen LogP contribution in [0.15, 0.2) is 24.3 Å². The second-order valence-corrected chi connectivity index (χ2v) is 5.93. The molecule has 1 aliphatic heterocycles. The lowest BCUT2D eigenvalue weighted by Crippen LogP contribution is -2.45. The minimum Gasteiger partial charge on any atom is -0.328 e. The summed E-state index contributed by atoms with van der Waals surface area (Å²) < 4.78 is 2.00. The van der Waals surface area contributed by atoms with E-state index in [1.165, 1.54) is 5.56 Å². The number of carbonyl (C=O) groups is 1. The molecule has 1 aromatic carbocycles. The molecule has 2 aromatic rings. The first-order valence-electron chi connectivity index (χ1n) is 8.09. The molecule has 0 spiro atoms. The van der Waals surface area contributed by atoms with Crippen LogP contribution >= 0.6 is 0 Å². The summed E-state index contributed by atoms with van der Waals surface area (Å²) in [5, 5.41) is 8.38. The quantitative estimate of drug-likeness (QED) is 0.753. The van der Waals surface area contributed by atoms with Crippen molar-refractivity contribution in [1.29, 1.82) is 0 Å². The molecule has 0 aliphatic carbocycles. The number of hydrogen-bond acceptors (Lipinski definition) is 3. The van der Waals surface area contributed by atoms with Crippen LogP contribution in [0.25, 0.3) is 0 Å². The fourth-order valence-electron chi connectivity index (χ4n) is 2.64. The Hall–Kier alpha value is -2.81. The van der Waals surface area contributed by atoms with E-state index >= 15 is 0 Å². The fourth-order valence-corrected chi connectivity index (χ4v) is 2.64. The number of carbonyl (C=O) groups excluding carboxylic acids is 1. The fraction of sp³-hybridized carbons (Fsp3) is 0.389. The summed E-state index contributed by atoms with van der Waals surface area (Å²) in [6, 6.07) is 8.09. The predicted molar refractivity (Wildman–Crippen MR) is 91.3 cm³/mol. The van der Waals surface area contributed by atoms with E-state index in [2.05, 4.69) is 22.0 Å². The molecule has 0 saturated heterocycles. The van der Waals surface area contributed by atoms with Crippen molar-refractivity contribution >= 4 is 6.03 Å². The van der Waals surface area contributed by atoms with E-state index in [4.69, 9.17) is 0 Å². The minimum absolute atomic E-state index is 0.0270. The van der Waals surface area contributed by atoms with E-state index in [9.17, 15) is 4.79 Å². The lowest BCUT2D eigenvalue weighted by atomic mass is 10.1. The number of rotatable bonds is 1. The number of benzene rings is 1. The van der Waals surface area contributed by atoms with Gasteiger partial charge in [0.1, 0.15) is 0 Å². The summed E-state index contributed by atoms with van der Waals surface area (Å²) in [7, 11) is 1.81. The van der Waals surface area contributed by atoms with Crippen molar-refractivity contribution in [2.45, 2.75) is 26.9 Å². The van der Waals surface area contributed by atoms with Crippen LogP contribution in [0.3, 0.4) is 0 Å². The van der Waals surface area contributed by atoms with Gasteiger partial charge in [0, 0.05) is 32.2 Å². The van der Waals surface area contributed by atoms with Crippen molar-refractivity contribution in [2.24, 2.45) is 0 Å². The van der Waals surface area contributed by atoms with Gasteiger partial charge in [-0.2, -0.15) is 0 Å². The third kappa shape index (κ3) is 3.25.